The zero-order valence-electron chi connectivity index (χ0n) is 14.5. The lowest BCUT2D eigenvalue weighted by Gasteiger charge is -2.36. The molecule has 2 aliphatic carbocycles. The number of fused-ring (bicyclic) bond motifs is 1. The first-order valence-corrected chi connectivity index (χ1v) is 8.83. The van der Waals surface area contributed by atoms with Gasteiger partial charge in [0.25, 0.3) is 0 Å². The summed E-state index contributed by atoms with van der Waals surface area (Å²) in [6.45, 7) is 0.621. The molecule has 0 aromatic heterocycles. The third-order valence-electron chi connectivity index (χ3n) is 5.67. The van der Waals surface area contributed by atoms with Crippen LogP contribution in [-0.4, -0.2) is 19.6 Å². The molecule has 0 aliphatic heterocycles. The second kappa shape index (κ2) is 8.21. The standard InChI is InChI=1S/C19H28N2O2.ClH/c1-23-17-7-5-6-14-15(17)8-9-16(14)21-18(22)12-19(13-20)10-3-2-4-11-19;/h5-7,16H,2-4,8-13,20H2,1H3,(H,21,22);1H. The maximum absolute atomic E-state index is 12.6. The fourth-order valence-electron chi connectivity index (χ4n) is 4.30. The van der Waals surface area contributed by atoms with E-state index in [4.69, 9.17) is 10.5 Å². The average molecular weight is 353 g/mol. The summed E-state index contributed by atoms with van der Waals surface area (Å²) in [6, 6.07) is 6.22. The summed E-state index contributed by atoms with van der Waals surface area (Å²) in [4.78, 5) is 12.6. The number of carbonyl (C=O) groups is 1. The van der Waals surface area contributed by atoms with Crippen molar-refractivity contribution >= 4 is 18.3 Å². The average Bonchev–Trinajstić information content (AvgIpc) is 2.98. The summed E-state index contributed by atoms with van der Waals surface area (Å²) in [5, 5.41) is 3.24. The van der Waals surface area contributed by atoms with Crippen molar-refractivity contribution < 1.29 is 9.53 Å². The van der Waals surface area contributed by atoms with Crippen LogP contribution in [-0.2, 0) is 11.2 Å². The molecule has 134 valence electrons. The number of halogens is 1. The molecule has 1 atom stereocenters. The molecular formula is C19H29ClN2O2. The Morgan fingerprint density at radius 3 is 2.75 bits per heavy atom. The monoisotopic (exact) mass is 352 g/mol. The van der Waals surface area contributed by atoms with Crippen LogP contribution >= 0.6 is 12.4 Å². The van der Waals surface area contributed by atoms with E-state index < -0.39 is 0 Å². The number of methoxy groups -OCH3 is 1. The molecule has 1 fully saturated rings. The van der Waals surface area contributed by atoms with E-state index in [1.807, 2.05) is 12.1 Å². The Labute approximate surface area is 150 Å². The predicted molar refractivity (Wildman–Crippen MR) is 98.6 cm³/mol. The molecule has 0 bridgehead atoms. The third-order valence-corrected chi connectivity index (χ3v) is 5.67. The normalized spacial score (nSPS) is 21.5. The van der Waals surface area contributed by atoms with Crippen molar-refractivity contribution in [2.24, 2.45) is 11.1 Å². The first-order chi connectivity index (χ1) is 11.2. The Kier molecular flexibility index (Phi) is 6.53. The van der Waals surface area contributed by atoms with E-state index in [0.29, 0.717) is 13.0 Å². The minimum absolute atomic E-state index is 0. The summed E-state index contributed by atoms with van der Waals surface area (Å²) in [5.41, 5.74) is 8.49. The smallest absolute Gasteiger partial charge is 0.221 e. The van der Waals surface area contributed by atoms with Crippen LogP contribution in [0.5, 0.6) is 5.75 Å². The van der Waals surface area contributed by atoms with E-state index >= 15 is 0 Å². The van der Waals surface area contributed by atoms with Gasteiger partial charge in [-0.1, -0.05) is 31.4 Å². The van der Waals surface area contributed by atoms with Gasteiger partial charge >= 0.3 is 0 Å². The number of nitrogens with one attached hydrogen (secondary N) is 1. The highest BCUT2D eigenvalue weighted by Crippen LogP contribution is 2.40. The highest BCUT2D eigenvalue weighted by molar-refractivity contribution is 5.85. The maximum atomic E-state index is 12.6. The van der Waals surface area contributed by atoms with Crippen LogP contribution in [0.1, 0.15) is 62.1 Å². The summed E-state index contributed by atoms with van der Waals surface area (Å²) < 4.78 is 5.44. The van der Waals surface area contributed by atoms with Crippen molar-refractivity contribution in [1.82, 2.24) is 5.32 Å². The van der Waals surface area contributed by atoms with Crippen molar-refractivity contribution in [1.29, 1.82) is 0 Å². The van der Waals surface area contributed by atoms with E-state index in [0.717, 1.165) is 31.4 Å². The lowest BCUT2D eigenvalue weighted by Crippen LogP contribution is -2.39. The molecule has 3 N–H and O–H groups in total. The van der Waals surface area contributed by atoms with Gasteiger partial charge in [0.05, 0.1) is 13.2 Å². The highest BCUT2D eigenvalue weighted by Gasteiger charge is 2.34. The summed E-state index contributed by atoms with van der Waals surface area (Å²) in [7, 11) is 1.70. The van der Waals surface area contributed by atoms with E-state index in [9.17, 15) is 4.79 Å². The number of ether oxygens (including phenoxy) is 1. The van der Waals surface area contributed by atoms with E-state index in [2.05, 4.69) is 11.4 Å². The molecule has 5 heteroatoms. The summed E-state index contributed by atoms with van der Waals surface area (Å²) in [5.74, 6) is 1.09. The molecule has 1 unspecified atom stereocenters. The Hall–Kier alpha value is -1.26. The topological polar surface area (TPSA) is 64.3 Å². The Morgan fingerprint density at radius 2 is 2.08 bits per heavy atom. The fourth-order valence-corrected chi connectivity index (χ4v) is 4.30. The van der Waals surface area contributed by atoms with Gasteiger partial charge in [0, 0.05) is 6.42 Å². The highest BCUT2D eigenvalue weighted by atomic mass is 35.5. The number of rotatable bonds is 5. The summed E-state index contributed by atoms with van der Waals surface area (Å²) >= 11 is 0. The number of carbonyl (C=O) groups excluding carboxylic acids is 1. The van der Waals surface area contributed by atoms with Crippen molar-refractivity contribution in [3.05, 3.63) is 29.3 Å². The minimum Gasteiger partial charge on any atom is -0.496 e. The van der Waals surface area contributed by atoms with Crippen LogP contribution in [0.25, 0.3) is 0 Å². The Balaban J connectivity index is 0.00000208. The van der Waals surface area contributed by atoms with E-state index in [-0.39, 0.29) is 29.8 Å². The lowest BCUT2D eigenvalue weighted by molar-refractivity contribution is -0.124. The molecule has 2 aliphatic rings. The zero-order valence-corrected chi connectivity index (χ0v) is 15.3. The molecule has 0 saturated heterocycles. The number of hydrogen-bond donors (Lipinski definition) is 2. The molecule has 24 heavy (non-hydrogen) atoms. The van der Waals surface area contributed by atoms with Crippen LogP contribution in [0.15, 0.2) is 18.2 Å². The molecule has 1 saturated carbocycles. The van der Waals surface area contributed by atoms with Crippen molar-refractivity contribution in [3.63, 3.8) is 0 Å². The third kappa shape index (κ3) is 3.86. The van der Waals surface area contributed by atoms with Gasteiger partial charge in [-0.15, -0.1) is 12.4 Å². The van der Waals surface area contributed by atoms with Crippen LogP contribution in [0.2, 0.25) is 0 Å². The Bertz CT molecular complexity index is 570. The zero-order chi connectivity index (χ0) is 16.3. The molecule has 1 amide bonds. The van der Waals surface area contributed by atoms with Crippen LogP contribution in [0.4, 0.5) is 0 Å². The van der Waals surface area contributed by atoms with Gasteiger partial charge in [-0.3, -0.25) is 4.79 Å². The largest absolute Gasteiger partial charge is 0.496 e. The number of benzene rings is 1. The molecule has 3 rings (SSSR count). The van der Waals surface area contributed by atoms with Gasteiger partial charge < -0.3 is 15.8 Å². The van der Waals surface area contributed by atoms with Gasteiger partial charge in [-0.25, -0.2) is 0 Å². The minimum atomic E-state index is 0. The fraction of sp³-hybridized carbons (Fsp3) is 0.632. The number of hydrogen-bond acceptors (Lipinski definition) is 3. The van der Waals surface area contributed by atoms with Gasteiger partial charge in [-0.05, 0) is 54.8 Å². The van der Waals surface area contributed by atoms with Crippen molar-refractivity contribution in [2.45, 2.75) is 57.4 Å². The van der Waals surface area contributed by atoms with Gasteiger partial charge in [0.15, 0.2) is 0 Å². The molecule has 1 aromatic rings. The predicted octanol–water partition coefficient (Wildman–Crippen LogP) is 3.52. The number of amides is 1. The van der Waals surface area contributed by atoms with Gasteiger partial charge in [0.2, 0.25) is 5.91 Å². The molecule has 0 heterocycles. The van der Waals surface area contributed by atoms with E-state index in [1.54, 1.807) is 7.11 Å². The lowest BCUT2D eigenvalue weighted by atomic mass is 9.71. The first kappa shape index (κ1) is 19.1. The van der Waals surface area contributed by atoms with Crippen LogP contribution in [0.3, 0.4) is 0 Å². The Morgan fingerprint density at radius 1 is 1.33 bits per heavy atom. The molecule has 4 nitrogen and oxygen atoms in total. The van der Waals surface area contributed by atoms with E-state index in [1.165, 1.54) is 30.4 Å². The first-order valence-electron chi connectivity index (χ1n) is 8.83. The van der Waals surface area contributed by atoms with Gasteiger partial charge in [-0.2, -0.15) is 0 Å². The van der Waals surface area contributed by atoms with Gasteiger partial charge in [0.1, 0.15) is 5.75 Å². The SMILES string of the molecule is COc1cccc2c1CCC2NC(=O)CC1(CN)CCCCC1.Cl. The van der Waals surface area contributed by atoms with Crippen molar-refractivity contribution in [2.75, 3.05) is 13.7 Å². The second-order valence-electron chi connectivity index (χ2n) is 7.13. The number of nitrogens with two attached hydrogens (primary N) is 1. The molecule has 0 radical (unpaired) electrons. The maximum Gasteiger partial charge on any atom is 0.221 e. The molecule has 0 spiro atoms. The molecular weight excluding hydrogens is 324 g/mol. The summed E-state index contributed by atoms with van der Waals surface area (Å²) in [6.07, 6.45) is 8.35. The second-order valence-corrected chi connectivity index (χ2v) is 7.13. The van der Waals surface area contributed by atoms with Crippen LogP contribution in [0, 0.1) is 5.41 Å². The van der Waals surface area contributed by atoms with Crippen LogP contribution < -0.4 is 15.8 Å². The molecule has 1 aromatic carbocycles. The van der Waals surface area contributed by atoms with Crippen molar-refractivity contribution in [3.8, 4) is 5.75 Å². The quantitative estimate of drug-likeness (QED) is 0.852.